The number of hydrogen-bond donors (Lipinski definition) is 0. The Labute approximate surface area is 130 Å². The van der Waals surface area contributed by atoms with Crippen molar-refractivity contribution < 1.29 is 4.74 Å². The molecule has 2 aliphatic carbocycles. The lowest BCUT2D eigenvalue weighted by atomic mass is 9.90. The molecule has 2 aliphatic rings. The Kier molecular flexibility index (Phi) is 4.82. The van der Waals surface area contributed by atoms with Crippen LogP contribution in [0.25, 0.3) is 5.57 Å². The number of ether oxygens (including phenoxy) is 1. The van der Waals surface area contributed by atoms with E-state index in [9.17, 15) is 0 Å². The highest BCUT2D eigenvalue weighted by Crippen LogP contribution is 2.35. The molecule has 1 aromatic carbocycles. The predicted octanol–water partition coefficient (Wildman–Crippen LogP) is 5.78. The van der Waals surface area contributed by atoms with E-state index in [2.05, 4.69) is 40.2 Å². The van der Waals surface area contributed by atoms with E-state index in [-0.39, 0.29) is 0 Å². The van der Waals surface area contributed by atoms with Crippen molar-refractivity contribution in [2.24, 2.45) is 5.92 Å². The van der Waals surface area contributed by atoms with Crippen LogP contribution in [-0.4, -0.2) is 6.61 Å². The third kappa shape index (κ3) is 3.46. The molecule has 0 amide bonds. The molecule has 20 heavy (non-hydrogen) atoms. The van der Waals surface area contributed by atoms with Gasteiger partial charge in [0.15, 0.2) is 0 Å². The SMILES string of the molecule is Brc1ccc(C2=[C]CCC2)c(OCC2CCCCC2)c1. The van der Waals surface area contributed by atoms with Crippen molar-refractivity contribution in [3.8, 4) is 5.75 Å². The molecule has 0 aromatic heterocycles. The molecule has 1 radical (unpaired) electrons. The van der Waals surface area contributed by atoms with Gasteiger partial charge in [0.25, 0.3) is 0 Å². The second kappa shape index (κ2) is 6.80. The van der Waals surface area contributed by atoms with Crippen LogP contribution in [0, 0.1) is 12.0 Å². The molecule has 0 heterocycles. The zero-order valence-corrected chi connectivity index (χ0v) is 13.5. The lowest BCUT2D eigenvalue weighted by Gasteiger charge is -2.22. The summed E-state index contributed by atoms with van der Waals surface area (Å²) >= 11 is 3.56. The van der Waals surface area contributed by atoms with Crippen molar-refractivity contribution in [1.82, 2.24) is 0 Å². The van der Waals surface area contributed by atoms with Gasteiger partial charge in [-0.2, -0.15) is 0 Å². The summed E-state index contributed by atoms with van der Waals surface area (Å²) in [6.45, 7) is 0.872. The van der Waals surface area contributed by atoms with Gasteiger partial charge in [-0.25, -0.2) is 0 Å². The molecule has 3 rings (SSSR count). The topological polar surface area (TPSA) is 9.23 Å². The molecule has 0 aliphatic heterocycles. The van der Waals surface area contributed by atoms with Crippen LogP contribution in [0.3, 0.4) is 0 Å². The minimum Gasteiger partial charge on any atom is -0.493 e. The predicted molar refractivity (Wildman–Crippen MR) is 86.7 cm³/mol. The summed E-state index contributed by atoms with van der Waals surface area (Å²) in [6.07, 6.45) is 13.8. The van der Waals surface area contributed by atoms with Crippen molar-refractivity contribution in [3.05, 3.63) is 34.3 Å². The highest BCUT2D eigenvalue weighted by Gasteiger charge is 2.17. The van der Waals surface area contributed by atoms with Gasteiger partial charge in [-0.05, 0) is 67.9 Å². The number of halogens is 1. The second-order valence-corrected chi connectivity index (χ2v) is 6.88. The van der Waals surface area contributed by atoms with Crippen LogP contribution in [0.1, 0.15) is 56.9 Å². The van der Waals surface area contributed by atoms with Gasteiger partial charge >= 0.3 is 0 Å². The molecule has 0 bridgehead atoms. The van der Waals surface area contributed by atoms with E-state index in [1.165, 1.54) is 49.7 Å². The first-order valence-corrected chi connectivity index (χ1v) is 8.64. The molecule has 1 nitrogen and oxygen atoms in total. The average Bonchev–Trinajstić information content (AvgIpc) is 3.00. The van der Waals surface area contributed by atoms with E-state index in [1.807, 2.05) is 0 Å². The summed E-state index contributed by atoms with van der Waals surface area (Å²) < 4.78 is 7.27. The third-order valence-corrected chi connectivity index (χ3v) is 4.90. The number of allylic oxidation sites excluding steroid dienone is 2. The molecule has 0 N–H and O–H groups in total. The smallest absolute Gasteiger partial charge is 0.127 e. The van der Waals surface area contributed by atoms with E-state index in [0.717, 1.165) is 35.6 Å². The van der Waals surface area contributed by atoms with Crippen molar-refractivity contribution in [1.29, 1.82) is 0 Å². The summed E-state index contributed by atoms with van der Waals surface area (Å²) in [7, 11) is 0. The van der Waals surface area contributed by atoms with Gasteiger partial charge in [-0.1, -0.05) is 35.2 Å². The van der Waals surface area contributed by atoms with Crippen molar-refractivity contribution in [2.75, 3.05) is 6.61 Å². The quantitative estimate of drug-likeness (QED) is 0.678. The largest absolute Gasteiger partial charge is 0.493 e. The monoisotopic (exact) mass is 333 g/mol. The van der Waals surface area contributed by atoms with Gasteiger partial charge in [0.05, 0.1) is 6.61 Å². The van der Waals surface area contributed by atoms with Crippen molar-refractivity contribution in [3.63, 3.8) is 0 Å². The summed E-state index contributed by atoms with van der Waals surface area (Å²) in [5.74, 6) is 1.78. The van der Waals surface area contributed by atoms with Crippen LogP contribution in [0.2, 0.25) is 0 Å². The van der Waals surface area contributed by atoms with Crippen molar-refractivity contribution >= 4 is 21.5 Å². The molecule has 2 heteroatoms. The van der Waals surface area contributed by atoms with E-state index in [4.69, 9.17) is 4.74 Å². The first-order valence-electron chi connectivity index (χ1n) is 7.85. The van der Waals surface area contributed by atoms with Crippen LogP contribution in [0.4, 0.5) is 0 Å². The maximum absolute atomic E-state index is 6.18. The standard InChI is InChI=1S/C18H22BrO/c19-16-10-11-17(15-8-4-5-9-15)18(12-16)20-13-14-6-2-1-3-7-14/h10-12,14H,1-8,13H2. The highest BCUT2D eigenvalue weighted by atomic mass is 79.9. The molecule has 107 valence electrons. The van der Waals surface area contributed by atoms with E-state index in [0.29, 0.717) is 0 Å². The number of rotatable bonds is 4. The Morgan fingerprint density at radius 2 is 2.00 bits per heavy atom. The summed E-state index contributed by atoms with van der Waals surface area (Å²) in [5, 5.41) is 0. The zero-order valence-electron chi connectivity index (χ0n) is 12.0. The molecule has 0 spiro atoms. The van der Waals surface area contributed by atoms with Crippen LogP contribution in [0.5, 0.6) is 5.75 Å². The second-order valence-electron chi connectivity index (χ2n) is 5.96. The lowest BCUT2D eigenvalue weighted by molar-refractivity contribution is 0.208. The minimum absolute atomic E-state index is 0.747. The first kappa shape index (κ1) is 14.2. The van der Waals surface area contributed by atoms with E-state index < -0.39 is 0 Å². The lowest BCUT2D eigenvalue weighted by Crippen LogP contribution is -2.15. The average molecular weight is 334 g/mol. The third-order valence-electron chi connectivity index (χ3n) is 4.41. The maximum Gasteiger partial charge on any atom is 0.127 e. The Bertz CT molecular complexity index is 486. The molecule has 1 aromatic rings. The fourth-order valence-corrected chi connectivity index (χ4v) is 3.59. The fourth-order valence-electron chi connectivity index (χ4n) is 3.25. The van der Waals surface area contributed by atoms with Gasteiger partial charge in [0.2, 0.25) is 0 Å². The number of hydrogen-bond acceptors (Lipinski definition) is 1. The van der Waals surface area contributed by atoms with Gasteiger partial charge in [-0.15, -0.1) is 0 Å². The Morgan fingerprint density at radius 3 is 2.75 bits per heavy atom. The Hall–Kier alpha value is -0.760. The molecule has 0 saturated heterocycles. The van der Waals surface area contributed by atoms with E-state index in [1.54, 1.807) is 0 Å². The normalized spacial score (nSPS) is 19.9. The summed E-state index contributed by atoms with van der Waals surface area (Å²) in [5.41, 5.74) is 2.60. The van der Waals surface area contributed by atoms with Crippen molar-refractivity contribution in [2.45, 2.75) is 51.4 Å². The molecule has 1 saturated carbocycles. The van der Waals surface area contributed by atoms with Gasteiger partial charge in [0.1, 0.15) is 5.75 Å². The van der Waals surface area contributed by atoms with Gasteiger partial charge < -0.3 is 4.74 Å². The molecule has 0 atom stereocenters. The summed E-state index contributed by atoms with van der Waals surface area (Å²) in [4.78, 5) is 0. The highest BCUT2D eigenvalue weighted by molar-refractivity contribution is 9.10. The Balaban J connectivity index is 1.71. The zero-order chi connectivity index (χ0) is 13.8. The minimum atomic E-state index is 0.747. The molecular weight excluding hydrogens is 312 g/mol. The van der Waals surface area contributed by atoms with Crippen LogP contribution >= 0.6 is 15.9 Å². The summed E-state index contributed by atoms with van der Waals surface area (Å²) in [6, 6.07) is 6.40. The molecular formula is C18H22BrO. The maximum atomic E-state index is 6.18. The fraction of sp³-hybridized carbons (Fsp3) is 0.556. The molecule has 1 fully saturated rings. The Morgan fingerprint density at radius 1 is 1.15 bits per heavy atom. The van der Waals surface area contributed by atoms with Gasteiger partial charge in [0, 0.05) is 10.0 Å². The first-order chi connectivity index (χ1) is 9.83. The van der Waals surface area contributed by atoms with Gasteiger partial charge in [-0.3, -0.25) is 0 Å². The molecule has 0 unspecified atom stereocenters. The van der Waals surface area contributed by atoms with Crippen LogP contribution in [0.15, 0.2) is 22.7 Å². The van der Waals surface area contributed by atoms with Crippen LogP contribution < -0.4 is 4.74 Å². The van der Waals surface area contributed by atoms with E-state index >= 15 is 0 Å². The number of benzene rings is 1. The van der Waals surface area contributed by atoms with Crippen LogP contribution in [-0.2, 0) is 0 Å².